The third kappa shape index (κ3) is 6.88. The number of ketones is 1. The smallest absolute Gasteiger partial charge is 0.308 e. The van der Waals surface area contributed by atoms with Crippen LogP contribution in [0.1, 0.15) is 46.0 Å². The largest absolute Gasteiger partial charge is 0.457 e. The molecule has 7 heteroatoms. The van der Waals surface area contributed by atoms with Gasteiger partial charge in [0.05, 0.1) is 6.42 Å². The van der Waals surface area contributed by atoms with Gasteiger partial charge in [0, 0.05) is 29.8 Å². The van der Waals surface area contributed by atoms with Gasteiger partial charge in [-0.1, -0.05) is 25.1 Å². The number of anilines is 1. The number of aryl methyl sites for hydroxylation is 1. The van der Waals surface area contributed by atoms with E-state index in [-0.39, 0.29) is 37.2 Å². The first-order chi connectivity index (χ1) is 13.9. The fourth-order valence-electron chi connectivity index (χ4n) is 2.49. The van der Waals surface area contributed by atoms with Crippen molar-refractivity contribution < 1.29 is 23.9 Å². The molecule has 0 saturated carbocycles. The van der Waals surface area contributed by atoms with Gasteiger partial charge in [-0.3, -0.25) is 19.2 Å². The van der Waals surface area contributed by atoms with E-state index in [0.717, 1.165) is 5.56 Å². The highest BCUT2D eigenvalue weighted by molar-refractivity contribution is 5.99. The minimum absolute atomic E-state index is 0.0348. The van der Waals surface area contributed by atoms with Crippen molar-refractivity contribution in [3.63, 3.8) is 0 Å². The molecule has 2 aromatic rings. The van der Waals surface area contributed by atoms with Crippen molar-refractivity contribution in [1.29, 1.82) is 0 Å². The van der Waals surface area contributed by atoms with Crippen LogP contribution in [0.4, 0.5) is 5.69 Å². The summed E-state index contributed by atoms with van der Waals surface area (Å²) in [5.41, 5.74) is 2.36. The van der Waals surface area contributed by atoms with Crippen LogP contribution in [0.3, 0.4) is 0 Å². The van der Waals surface area contributed by atoms with Crippen molar-refractivity contribution in [2.45, 2.75) is 26.7 Å². The summed E-state index contributed by atoms with van der Waals surface area (Å²) in [7, 11) is 0. The van der Waals surface area contributed by atoms with Gasteiger partial charge in [-0.2, -0.15) is 0 Å². The van der Waals surface area contributed by atoms with Crippen molar-refractivity contribution >= 4 is 29.3 Å². The Morgan fingerprint density at radius 1 is 0.966 bits per heavy atom. The first-order valence-electron chi connectivity index (χ1n) is 9.33. The first-order valence-corrected chi connectivity index (χ1v) is 9.33. The number of carbonyl (C=O) groups is 4. The van der Waals surface area contributed by atoms with E-state index in [2.05, 4.69) is 10.6 Å². The van der Waals surface area contributed by atoms with Crippen LogP contribution in [-0.2, 0) is 14.3 Å². The maximum absolute atomic E-state index is 12.1. The van der Waals surface area contributed by atoms with E-state index in [1.54, 1.807) is 43.3 Å². The molecule has 0 atom stereocenters. The molecule has 2 aromatic carbocycles. The van der Waals surface area contributed by atoms with Gasteiger partial charge in [0.1, 0.15) is 0 Å². The average molecular weight is 396 g/mol. The van der Waals surface area contributed by atoms with Crippen LogP contribution in [0.15, 0.2) is 48.5 Å². The number of rotatable bonds is 9. The molecule has 0 bridgehead atoms. The fourth-order valence-corrected chi connectivity index (χ4v) is 2.49. The lowest BCUT2D eigenvalue weighted by molar-refractivity contribution is -0.142. The Labute approximate surface area is 169 Å². The second-order valence-corrected chi connectivity index (χ2v) is 6.38. The van der Waals surface area contributed by atoms with Gasteiger partial charge >= 0.3 is 5.97 Å². The summed E-state index contributed by atoms with van der Waals surface area (Å²) in [5.74, 6) is -1.30. The van der Waals surface area contributed by atoms with E-state index in [0.29, 0.717) is 23.2 Å². The van der Waals surface area contributed by atoms with Crippen LogP contribution in [0.25, 0.3) is 0 Å². The Morgan fingerprint density at radius 3 is 2.31 bits per heavy atom. The number of hydrogen-bond donors (Lipinski definition) is 2. The fraction of sp³-hybridized carbons (Fsp3) is 0.273. The van der Waals surface area contributed by atoms with Crippen LogP contribution in [-0.4, -0.2) is 36.7 Å². The number of ether oxygens (including phenoxy) is 1. The SMILES string of the molecule is CCC(=O)Nc1ccc(C(=O)COC(=O)CCNC(=O)c2ccccc2C)cc1. The summed E-state index contributed by atoms with van der Waals surface area (Å²) < 4.78 is 4.97. The van der Waals surface area contributed by atoms with Crippen molar-refractivity contribution in [2.24, 2.45) is 0 Å². The van der Waals surface area contributed by atoms with Crippen molar-refractivity contribution in [2.75, 3.05) is 18.5 Å². The molecular weight excluding hydrogens is 372 g/mol. The molecular formula is C22H24N2O5. The Hall–Kier alpha value is -3.48. The number of benzene rings is 2. The molecule has 0 fully saturated rings. The zero-order valence-electron chi connectivity index (χ0n) is 16.5. The molecule has 2 amide bonds. The van der Waals surface area contributed by atoms with E-state index in [9.17, 15) is 19.2 Å². The molecule has 152 valence electrons. The summed E-state index contributed by atoms with van der Waals surface area (Å²) in [4.78, 5) is 47.3. The third-order valence-corrected chi connectivity index (χ3v) is 4.18. The number of hydrogen-bond acceptors (Lipinski definition) is 5. The van der Waals surface area contributed by atoms with Gasteiger partial charge in [0.25, 0.3) is 5.91 Å². The normalized spacial score (nSPS) is 10.1. The van der Waals surface area contributed by atoms with E-state index in [1.165, 1.54) is 0 Å². The Morgan fingerprint density at radius 2 is 1.66 bits per heavy atom. The van der Waals surface area contributed by atoms with Gasteiger partial charge < -0.3 is 15.4 Å². The van der Waals surface area contributed by atoms with Gasteiger partial charge in [-0.05, 0) is 42.8 Å². The summed E-state index contributed by atoms with van der Waals surface area (Å²) in [6.07, 6.45) is 0.328. The van der Waals surface area contributed by atoms with E-state index in [1.807, 2.05) is 19.1 Å². The van der Waals surface area contributed by atoms with Crippen LogP contribution in [0.2, 0.25) is 0 Å². The van der Waals surface area contributed by atoms with Crippen LogP contribution >= 0.6 is 0 Å². The average Bonchev–Trinajstić information content (AvgIpc) is 2.72. The van der Waals surface area contributed by atoms with Crippen LogP contribution in [0, 0.1) is 6.92 Å². The number of esters is 1. The van der Waals surface area contributed by atoms with E-state index >= 15 is 0 Å². The molecule has 0 saturated heterocycles. The molecule has 0 unspecified atom stereocenters. The monoisotopic (exact) mass is 396 g/mol. The first kappa shape index (κ1) is 21.8. The zero-order chi connectivity index (χ0) is 21.2. The van der Waals surface area contributed by atoms with Gasteiger partial charge in [-0.15, -0.1) is 0 Å². The quantitative estimate of drug-likeness (QED) is 0.501. The molecule has 0 aliphatic rings. The van der Waals surface area contributed by atoms with Gasteiger partial charge in [-0.25, -0.2) is 0 Å². The molecule has 0 aliphatic heterocycles. The van der Waals surface area contributed by atoms with E-state index in [4.69, 9.17) is 4.74 Å². The second-order valence-electron chi connectivity index (χ2n) is 6.38. The van der Waals surface area contributed by atoms with Gasteiger partial charge in [0.15, 0.2) is 12.4 Å². The van der Waals surface area contributed by atoms with Gasteiger partial charge in [0.2, 0.25) is 5.91 Å². The van der Waals surface area contributed by atoms with E-state index < -0.39 is 5.97 Å². The Kier molecular flexibility index (Phi) is 8.09. The highest BCUT2D eigenvalue weighted by atomic mass is 16.5. The molecule has 29 heavy (non-hydrogen) atoms. The Balaban J connectivity index is 1.73. The highest BCUT2D eigenvalue weighted by Gasteiger charge is 2.12. The van der Waals surface area contributed by atoms with Crippen LogP contribution in [0.5, 0.6) is 0 Å². The zero-order valence-corrected chi connectivity index (χ0v) is 16.5. The number of carbonyl (C=O) groups excluding carboxylic acids is 4. The summed E-state index contributed by atoms with van der Waals surface area (Å²) >= 11 is 0. The minimum Gasteiger partial charge on any atom is -0.457 e. The summed E-state index contributed by atoms with van der Waals surface area (Å²) in [6, 6.07) is 13.5. The van der Waals surface area contributed by atoms with Crippen molar-refractivity contribution in [3.05, 3.63) is 65.2 Å². The molecule has 2 rings (SSSR count). The number of amides is 2. The topological polar surface area (TPSA) is 102 Å². The van der Waals surface area contributed by atoms with Crippen LogP contribution < -0.4 is 10.6 Å². The Bertz CT molecular complexity index is 890. The molecule has 0 aliphatic carbocycles. The van der Waals surface area contributed by atoms with Crippen molar-refractivity contribution in [3.8, 4) is 0 Å². The predicted molar refractivity (Wildman–Crippen MR) is 109 cm³/mol. The molecule has 0 aromatic heterocycles. The lowest BCUT2D eigenvalue weighted by atomic mass is 10.1. The highest BCUT2D eigenvalue weighted by Crippen LogP contribution is 2.11. The summed E-state index contributed by atoms with van der Waals surface area (Å²) in [6.45, 7) is 3.31. The molecule has 7 nitrogen and oxygen atoms in total. The van der Waals surface area contributed by atoms with Crippen molar-refractivity contribution in [1.82, 2.24) is 5.32 Å². The summed E-state index contributed by atoms with van der Waals surface area (Å²) in [5, 5.41) is 5.34. The molecule has 0 radical (unpaired) electrons. The molecule has 2 N–H and O–H groups in total. The number of nitrogens with one attached hydrogen (secondary N) is 2. The molecule has 0 spiro atoms. The molecule has 0 heterocycles. The lowest BCUT2D eigenvalue weighted by Crippen LogP contribution is -2.27. The second kappa shape index (κ2) is 10.8. The minimum atomic E-state index is -0.574. The maximum atomic E-state index is 12.1. The maximum Gasteiger partial charge on any atom is 0.308 e. The lowest BCUT2D eigenvalue weighted by Gasteiger charge is -2.08. The standard InChI is InChI=1S/C22H24N2O5/c1-3-20(26)24-17-10-8-16(9-11-17)19(25)14-29-21(27)12-13-23-22(28)18-7-5-4-6-15(18)2/h4-11H,3,12-14H2,1-2H3,(H,23,28)(H,24,26). The third-order valence-electron chi connectivity index (χ3n) is 4.18. The number of Topliss-reactive ketones (excluding diaryl/α,β-unsaturated/α-hetero) is 1. The predicted octanol–water partition coefficient (Wildman–Crippen LogP) is 2.89.